The minimum absolute atomic E-state index is 0.719. The maximum absolute atomic E-state index is 5.35. The number of rotatable bonds is 8. The molecule has 0 aliphatic rings. The number of aromatic amines is 1. The third-order valence-corrected chi connectivity index (χ3v) is 4.02. The van der Waals surface area contributed by atoms with E-state index < -0.39 is 0 Å². The summed E-state index contributed by atoms with van der Waals surface area (Å²) in [5.74, 6) is 1.76. The predicted molar refractivity (Wildman–Crippen MR) is 90.8 cm³/mol. The zero-order valence-electron chi connectivity index (χ0n) is 13.0. The first-order chi connectivity index (χ1) is 10.2. The number of H-pyrrole nitrogens is 1. The molecule has 2 rings (SSSR count). The monoisotopic (exact) mass is 303 g/mol. The highest BCUT2D eigenvalue weighted by Crippen LogP contribution is 2.18. The fraction of sp³-hybridized carbons (Fsp3) is 0.529. The van der Waals surface area contributed by atoms with Crippen molar-refractivity contribution >= 4 is 12.2 Å². The van der Waals surface area contributed by atoms with Crippen molar-refractivity contribution in [1.29, 1.82) is 0 Å². The van der Waals surface area contributed by atoms with Crippen LogP contribution in [-0.2, 0) is 6.54 Å². The normalized spacial score (nSPS) is 11.2. The first-order valence-electron chi connectivity index (χ1n) is 7.89. The summed E-state index contributed by atoms with van der Waals surface area (Å²) in [5.41, 5.74) is 1.12. The minimum Gasteiger partial charge on any atom is -0.300 e. The van der Waals surface area contributed by atoms with Gasteiger partial charge in [-0.3, -0.25) is 5.10 Å². The van der Waals surface area contributed by atoms with Crippen LogP contribution in [0, 0.1) is 10.7 Å². The van der Waals surface area contributed by atoms with E-state index in [0.29, 0.717) is 0 Å². The second-order valence-electron chi connectivity index (χ2n) is 5.97. The molecule has 1 heterocycles. The molecular formula is C17H25N3S. The zero-order valence-corrected chi connectivity index (χ0v) is 13.8. The fourth-order valence-electron chi connectivity index (χ4n) is 2.51. The summed E-state index contributed by atoms with van der Waals surface area (Å²) in [6.07, 6.45) is 6.39. The van der Waals surface area contributed by atoms with Crippen LogP contribution >= 0.6 is 12.2 Å². The molecule has 3 nitrogen and oxygen atoms in total. The fourth-order valence-corrected chi connectivity index (χ4v) is 2.73. The second-order valence-corrected chi connectivity index (χ2v) is 6.35. The summed E-state index contributed by atoms with van der Waals surface area (Å²) < 4.78 is 2.84. The predicted octanol–water partition coefficient (Wildman–Crippen LogP) is 5.21. The lowest BCUT2D eigenvalue weighted by atomic mass is 10.0. The van der Waals surface area contributed by atoms with Gasteiger partial charge in [0.2, 0.25) is 0 Å². The van der Waals surface area contributed by atoms with Crippen molar-refractivity contribution in [2.24, 2.45) is 5.92 Å². The standard InChI is InChI=1S/C17H25N3S/c1-14(2)10-6-3-4-9-13-20-16(18-19-17(20)21)15-11-7-5-8-12-15/h5,7-8,11-12,14H,3-4,6,9-10,13H2,1-2H3,(H,19,21). The molecule has 1 N–H and O–H groups in total. The molecule has 0 atom stereocenters. The average molecular weight is 303 g/mol. The van der Waals surface area contributed by atoms with Gasteiger partial charge < -0.3 is 4.57 Å². The van der Waals surface area contributed by atoms with E-state index in [1.165, 1.54) is 25.7 Å². The van der Waals surface area contributed by atoms with Crippen LogP contribution in [0.2, 0.25) is 0 Å². The van der Waals surface area contributed by atoms with E-state index in [-0.39, 0.29) is 0 Å². The molecular weight excluding hydrogens is 278 g/mol. The van der Waals surface area contributed by atoms with Gasteiger partial charge in [-0.2, -0.15) is 5.10 Å². The van der Waals surface area contributed by atoms with Crippen LogP contribution in [-0.4, -0.2) is 14.8 Å². The van der Waals surface area contributed by atoms with Gasteiger partial charge in [-0.25, -0.2) is 0 Å². The minimum atomic E-state index is 0.719. The topological polar surface area (TPSA) is 33.6 Å². The molecule has 0 radical (unpaired) electrons. The lowest BCUT2D eigenvalue weighted by molar-refractivity contribution is 0.505. The zero-order chi connectivity index (χ0) is 15.1. The molecule has 0 unspecified atom stereocenters. The van der Waals surface area contributed by atoms with Crippen molar-refractivity contribution in [1.82, 2.24) is 14.8 Å². The van der Waals surface area contributed by atoms with Crippen molar-refractivity contribution in [3.8, 4) is 11.4 Å². The number of unbranched alkanes of at least 4 members (excludes halogenated alkanes) is 3. The Bertz CT molecular complexity index is 584. The summed E-state index contributed by atoms with van der Waals surface area (Å²) in [4.78, 5) is 0. The van der Waals surface area contributed by atoms with Crippen LogP contribution in [0.3, 0.4) is 0 Å². The van der Waals surface area contributed by atoms with Crippen LogP contribution in [0.25, 0.3) is 11.4 Å². The average Bonchev–Trinajstić information content (AvgIpc) is 2.84. The summed E-state index contributed by atoms with van der Waals surface area (Å²) >= 11 is 5.35. The summed E-state index contributed by atoms with van der Waals surface area (Å²) in [6, 6.07) is 10.2. The van der Waals surface area contributed by atoms with Crippen molar-refractivity contribution in [2.75, 3.05) is 0 Å². The van der Waals surface area contributed by atoms with Crippen LogP contribution in [0.1, 0.15) is 46.0 Å². The number of hydrogen-bond donors (Lipinski definition) is 1. The van der Waals surface area contributed by atoms with Gasteiger partial charge in [0.05, 0.1) is 0 Å². The lowest BCUT2D eigenvalue weighted by Crippen LogP contribution is -2.01. The molecule has 0 bridgehead atoms. The highest BCUT2D eigenvalue weighted by Gasteiger charge is 2.07. The molecule has 0 amide bonds. The Kier molecular flexibility index (Phi) is 6.18. The molecule has 0 fully saturated rings. The maximum Gasteiger partial charge on any atom is 0.195 e. The Hall–Kier alpha value is -1.42. The van der Waals surface area contributed by atoms with E-state index >= 15 is 0 Å². The number of benzene rings is 1. The highest BCUT2D eigenvalue weighted by atomic mass is 32.1. The molecule has 0 aliphatic carbocycles. The van der Waals surface area contributed by atoms with E-state index in [1.54, 1.807) is 0 Å². The Balaban J connectivity index is 1.89. The second kappa shape index (κ2) is 8.13. The van der Waals surface area contributed by atoms with Crippen LogP contribution in [0.15, 0.2) is 30.3 Å². The SMILES string of the molecule is CC(C)CCCCCCn1c(-c2ccccc2)n[nH]c1=S. The van der Waals surface area contributed by atoms with Crippen LogP contribution in [0.5, 0.6) is 0 Å². The Morgan fingerprint density at radius 1 is 1.10 bits per heavy atom. The molecule has 1 aromatic carbocycles. The van der Waals surface area contributed by atoms with Crippen molar-refractivity contribution in [3.05, 3.63) is 35.1 Å². The first kappa shape index (κ1) is 16.0. The highest BCUT2D eigenvalue weighted by molar-refractivity contribution is 7.71. The van der Waals surface area contributed by atoms with E-state index in [9.17, 15) is 0 Å². The van der Waals surface area contributed by atoms with Gasteiger partial charge in [0, 0.05) is 12.1 Å². The summed E-state index contributed by atoms with van der Waals surface area (Å²) in [7, 11) is 0. The molecule has 1 aromatic heterocycles. The molecule has 0 spiro atoms. The Morgan fingerprint density at radius 3 is 2.52 bits per heavy atom. The van der Waals surface area contributed by atoms with Gasteiger partial charge in [-0.05, 0) is 24.6 Å². The van der Waals surface area contributed by atoms with Crippen LogP contribution < -0.4 is 0 Å². The molecule has 4 heteroatoms. The quantitative estimate of drug-likeness (QED) is 0.536. The number of nitrogens with zero attached hydrogens (tertiary/aromatic N) is 2. The molecule has 2 aromatic rings. The van der Waals surface area contributed by atoms with Gasteiger partial charge in [-0.15, -0.1) is 0 Å². The molecule has 0 aliphatic heterocycles. The van der Waals surface area contributed by atoms with Crippen molar-refractivity contribution < 1.29 is 0 Å². The van der Waals surface area contributed by atoms with E-state index in [2.05, 4.69) is 40.7 Å². The van der Waals surface area contributed by atoms with E-state index in [4.69, 9.17) is 12.2 Å². The Morgan fingerprint density at radius 2 is 1.81 bits per heavy atom. The number of hydrogen-bond acceptors (Lipinski definition) is 2. The Labute approximate surface area is 132 Å². The maximum atomic E-state index is 5.35. The van der Waals surface area contributed by atoms with Crippen molar-refractivity contribution in [3.63, 3.8) is 0 Å². The molecule has 21 heavy (non-hydrogen) atoms. The van der Waals surface area contributed by atoms with Gasteiger partial charge in [0.1, 0.15) is 0 Å². The largest absolute Gasteiger partial charge is 0.300 e. The number of nitrogens with one attached hydrogen (secondary N) is 1. The summed E-state index contributed by atoms with van der Waals surface area (Å²) in [5, 5.41) is 7.29. The van der Waals surface area contributed by atoms with Gasteiger partial charge >= 0.3 is 0 Å². The van der Waals surface area contributed by atoms with Gasteiger partial charge in [-0.1, -0.05) is 69.9 Å². The smallest absolute Gasteiger partial charge is 0.195 e. The summed E-state index contributed by atoms with van der Waals surface area (Å²) in [6.45, 7) is 5.52. The molecule has 0 saturated carbocycles. The van der Waals surface area contributed by atoms with Crippen LogP contribution in [0.4, 0.5) is 0 Å². The molecule has 114 valence electrons. The van der Waals surface area contributed by atoms with Crippen molar-refractivity contribution in [2.45, 2.75) is 52.5 Å². The van der Waals surface area contributed by atoms with Gasteiger partial charge in [0.25, 0.3) is 0 Å². The van der Waals surface area contributed by atoms with E-state index in [0.717, 1.165) is 35.0 Å². The van der Waals surface area contributed by atoms with E-state index in [1.807, 2.05) is 18.2 Å². The third-order valence-electron chi connectivity index (χ3n) is 3.70. The lowest BCUT2D eigenvalue weighted by Gasteiger charge is -2.07. The number of aromatic nitrogens is 3. The molecule has 0 saturated heterocycles. The first-order valence-corrected chi connectivity index (χ1v) is 8.30. The van der Waals surface area contributed by atoms with Gasteiger partial charge in [0.15, 0.2) is 10.6 Å². The third kappa shape index (κ3) is 4.81.